The van der Waals surface area contributed by atoms with E-state index in [0.29, 0.717) is 12.4 Å². The van der Waals surface area contributed by atoms with E-state index in [2.05, 4.69) is 0 Å². The van der Waals surface area contributed by atoms with E-state index in [1.165, 1.54) is 0 Å². The molecule has 4 aromatic carbocycles. The fraction of sp³-hybridized carbons (Fsp3) is 0.0800. The van der Waals surface area contributed by atoms with Crippen LogP contribution in [0.3, 0.4) is 0 Å². The largest absolute Gasteiger partial charge is 0.489 e. The van der Waals surface area contributed by atoms with Crippen LogP contribution in [0.15, 0.2) is 91.0 Å². The lowest BCUT2D eigenvalue weighted by Gasteiger charge is -2.10. The Morgan fingerprint density at radius 1 is 0.690 bits per heavy atom. The monoisotopic (exact) mass is 402 g/mol. The van der Waals surface area contributed by atoms with Crippen LogP contribution in [0, 0.1) is 0 Å². The Hall–Kier alpha value is -3.30. The van der Waals surface area contributed by atoms with Crippen molar-refractivity contribution >= 4 is 27.6 Å². The summed E-state index contributed by atoms with van der Waals surface area (Å²) in [5, 5.41) is 1.78. The van der Waals surface area contributed by atoms with E-state index in [1.54, 1.807) is 0 Å². The second-order valence-corrected chi connectivity index (χ2v) is 7.14. The number of rotatable bonds is 7. The number of halogens is 1. The van der Waals surface area contributed by atoms with Gasteiger partial charge in [0.1, 0.15) is 23.9 Å². The normalized spacial score (nSPS) is 10.7. The molecule has 0 atom stereocenters. The van der Waals surface area contributed by atoms with Gasteiger partial charge in [-0.25, -0.2) is 0 Å². The molecule has 0 bridgehead atoms. The molecule has 0 aliphatic carbocycles. The van der Waals surface area contributed by atoms with Gasteiger partial charge >= 0.3 is 0 Å². The summed E-state index contributed by atoms with van der Waals surface area (Å²) in [5.74, 6) is 2.29. The van der Waals surface area contributed by atoms with Crippen LogP contribution in [0.25, 0.3) is 10.8 Å². The zero-order valence-corrected chi connectivity index (χ0v) is 16.4. The Morgan fingerprint density at radius 2 is 1.31 bits per heavy atom. The molecule has 4 heteroatoms. The maximum atomic E-state index is 11.0. The van der Waals surface area contributed by atoms with Crippen molar-refractivity contribution in [3.63, 3.8) is 0 Å². The zero-order chi connectivity index (χ0) is 20.1. The topological polar surface area (TPSA) is 35.5 Å². The number of carbonyl (C=O) groups is 1. The molecule has 0 saturated carbocycles. The van der Waals surface area contributed by atoms with Crippen LogP contribution in [0.4, 0.5) is 0 Å². The Labute approximate surface area is 174 Å². The molecule has 0 N–H and O–H groups in total. The van der Waals surface area contributed by atoms with Gasteiger partial charge in [-0.1, -0.05) is 54.6 Å². The molecule has 0 radical (unpaired) electrons. The van der Waals surface area contributed by atoms with E-state index in [-0.39, 0.29) is 11.7 Å². The molecule has 144 valence electrons. The Bertz CT molecular complexity index is 1120. The Kier molecular flexibility index (Phi) is 5.78. The first kappa shape index (κ1) is 19.0. The van der Waals surface area contributed by atoms with Gasteiger partial charge in [0.05, 0.1) is 0 Å². The van der Waals surface area contributed by atoms with Crippen LogP contribution in [-0.4, -0.2) is 5.24 Å². The minimum Gasteiger partial charge on any atom is -0.489 e. The van der Waals surface area contributed by atoms with Crippen molar-refractivity contribution in [3.8, 4) is 17.2 Å². The predicted molar refractivity (Wildman–Crippen MR) is 116 cm³/mol. The second kappa shape index (κ2) is 8.80. The van der Waals surface area contributed by atoms with Crippen LogP contribution in [0.1, 0.15) is 11.1 Å². The third-order valence-electron chi connectivity index (χ3n) is 4.53. The van der Waals surface area contributed by atoms with E-state index in [4.69, 9.17) is 21.1 Å². The van der Waals surface area contributed by atoms with Gasteiger partial charge in [-0.3, -0.25) is 4.79 Å². The van der Waals surface area contributed by atoms with Gasteiger partial charge in [0, 0.05) is 6.42 Å². The van der Waals surface area contributed by atoms with Crippen LogP contribution >= 0.6 is 11.6 Å². The molecule has 0 heterocycles. The standard InChI is InChI=1S/C25H19ClO3/c26-25(27)14-18-6-10-22(11-7-18)29-24-13-9-20-15-23(12-8-21(20)16-24)28-17-19-4-2-1-3-5-19/h1-13,15-16H,14,17H2. The molecule has 0 aliphatic rings. The molecule has 0 aromatic heterocycles. The number of hydrogen-bond donors (Lipinski definition) is 0. The number of ether oxygens (including phenoxy) is 2. The average molecular weight is 403 g/mol. The molecule has 4 rings (SSSR count). The lowest BCUT2D eigenvalue weighted by Crippen LogP contribution is -1.94. The van der Waals surface area contributed by atoms with Crippen LogP contribution in [0.5, 0.6) is 17.2 Å². The highest BCUT2D eigenvalue weighted by atomic mass is 35.5. The molecule has 0 fully saturated rings. The van der Waals surface area contributed by atoms with Gasteiger partial charge < -0.3 is 9.47 Å². The fourth-order valence-electron chi connectivity index (χ4n) is 3.07. The van der Waals surface area contributed by atoms with Crippen molar-refractivity contribution in [2.75, 3.05) is 0 Å². The number of fused-ring (bicyclic) bond motifs is 1. The van der Waals surface area contributed by atoms with Crippen molar-refractivity contribution in [1.29, 1.82) is 0 Å². The third kappa shape index (κ3) is 5.15. The number of benzene rings is 4. The summed E-state index contributed by atoms with van der Waals surface area (Å²) in [7, 11) is 0. The maximum Gasteiger partial charge on any atom is 0.226 e. The van der Waals surface area contributed by atoms with Crippen molar-refractivity contribution in [2.24, 2.45) is 0 Å². The summed E-state index contributed by atoms with van der Waals surface area (Å²) in [5.41, 5.74) is 2.00. The molecule has 3 nitrogen and oxygen atoms in total. The van der Waals surface area contributed by atoms with Crippen molar-refractivity contribution in [3.05, 3.63) is 102 Å². The molecule has 0 unspecified atom stereocenters. The highest BCUT2D eigenvalue weighted by Gasteiger charge is 2.04. The van der Waals surface area contributed by atoms with Gasteiger partial charge in [-0.05, 0) is 69.9 Å². The smallest absolute Gasteiger partial charge is 0.226 e. The summed E-state index contributed by atoms with van der Waals surface area (Å²) in [6.45, 7) is 0.541. The molecule has 0 spiro atoms. The molecule has 29 heavy (non-hydrogen) atoms. The third-order valence-corrected chi connectivity index (χ3v) is 4.67. The van der Waals surface area contributed by atoms with E-state index >= 15 is 0 Å². The predicted octanol–water partition coefficient (Wildman–Crippen LogP) is 6.52. The van der Waals surface area contributed by atoms with Crippen molar-refractivity contribution in [2.45, 2.75) is 13.0 Å². The van der Waals surface area contributed by atoms with Crippen LogP contribution in [-0.2, 0) is 17.8 Å². The number of carbonyl (C=O) groups excluding carboxylic acids is 1. The number of hydrogen-bond acceptors (Lipinski definition) is 3. The summed E-state index contributed by atoms with van der Waals surface area (Å²) in [6.07, 6.45) is 0.215. The molecule has 0 aliphatic heterocycles. The van der Waals surface area contributed by atoms with Gasteiger partial charge in [0.2, 0.25) is 5.24 Å². The quantitative estimate of drug-likeness (QED) is 0.330. The van der Waals surface area contributed by atoms with Gasteiger partial charge in [0.25, 0.3) is 0 Å². The lowest BCUT2D eigenvalue weighted by molar-refractivity contribution is -0.111. The minimum atomic E-state index is -0.375. The van der Waals surface area contributed by atoms with Crippen molar-refractivity contribution < 1.29 is 14.3 Å². The SMILES string of the molecule is O=C(Cl)Cc1ccc(Oc2ccc3cc(OCc4ccccc4)ccc3c2)cc1. The summed E-state index contributed by atoms with van der Waals surface area (Å²) < 4.78 is 11.8. The Morgan fingerprint density at radius 3 is 2.00 bits per heavy atom. The zero-order valence-electron chi connectivity index (χ0n) is 15.7. The van der Waals surface area contributed by atoms with Crippen molar-refractivity contribution in [1.82, 2.24) is 0 Å². The van der Waals surface area contributed by atoms with Crippen LogP contribution in [0.2, 0.25) is 0 Å². The fourth-order valence-corrected chi connectivity index (χ4v) is 3.22. The molecular formula is C25H19ClO3. The van der Waals surface area contributed by atoms with Gasteiger partial charge in [-0.15, -0.1) is 0 Å². The van der Waals surface area contributed by atoms with Gasteiger partial charge in [-0.2, -0.15) is 0 Å². The Balaban J connectivity index is 1.44. The van der Waals surface area contributed by atoms with E-state index in [9.17, 15) is 4.79 Å². The molecule has 0 saturated heterocycles. The molecule has 0 amide bonds. The lowest BCUT2D eigenvalue weighted by atomic mass is 10.1. The first-order valence-corrected chi connectivity index (χ1v) is 9.69. The highest BCUT2D eigenvalue weighted by molar-refractivity contribution is 6.63. The first-order chi connectivity index (χ1) is 14.2. The molecular weight excluding hydrogens is 384 g/mol. The molecule has 4 aromatic rings. The summed E-state index contributed by atoms with van der Waals surface area (Å²) in [4.78, 5) is 11.0. The summed E-state index contributed by atoms with van der Waals surface area (Å²) >= 11 is 5.42. The van der Waals surface area contributed by atoms with Crippen LogP contribution < -0.4 is 9.47 Å². The highest BCUT2D eigenvalue weighted by Crippen LogP contribution is 2.28. The second-order valence-electron chi connectivity index (χ2n) is 6.72. The van der Waals surface area contributed by atoms with E-state index < -0.39 is 0 Å². The van der Waals surface area contributed by atoms with E-state index in [0.717, 1.165) is 33.4 Å². The van der Waals surface area contributed by atoms with Gasteiger partial charge in [0.15, 0.2) is 0 Å². The summed E-state index contributed by atoms with van der Waals surface area (Å²) in [6, 6.07) is 29.4. The maximum absolute atomic E-state index is 11.0. The minimum absolute atomic E-state index is 0.215. The van der Waals surface area contributed by atoms with E-state index in [1.807, 2.05) is 91.0 Å². The first-order valence-electron chi connectivity index (χ1n) is 9.31. The average Bonchev–Trinajstić information content (AvgIpc) is 2.74.